The molecular weight excluding hydrogens is 288 g/mol. The first kappa shape index (κ1) is 15.4. The third kappa shape index (κ3) is 3.37. The zero-order valence-electron chi connectivity index (χ0n) is 12.2. The molecule has 2 rings (SSSR count). The minimum Gasteiger partial charge on any atom is -0.358 e. The largest absolute Gasteiger partial charge is 0.358 e. The number of carbonyl (C=O) groups is 3. The lowest BCUT2D eigenvalue weighted by atomic mass is 10.3. The van der Waals surface area contributed by atoms with Crippen LogP contribution in [-0.2, 0) is 9.59 Å². The minimum absolute atomic E-state index is 0.117. The maximum atomic E-state index is 12.5. The quantitative estimate of drug-likeness (QED) is 0.711. The highest BCUT2D eigenvalue weighted by molar-refractivity contribution is 5.98. The van der Waals surface area contributed by atoms with E-state index in [1.54, 1.807) is 18.5 Å². The monoisotopic (exact) mass is 304 g/mol. The van der Waals surface area contributed by atoms with Crippen molar-refractivity contribution in [1.82, 2.24) is 30.1 Å². The van der Waals surface area contributed by atoms with Crippen LogP contribution in [0.2, 0.25) is 0 Å². The molecule has 0 spiro atoms. The topological polar surface area (TPSA) is 109 Å². The number of hydrogen-bond donors (Lipinski definition) is 2. The van der Waals surface area contributed by atoms with Crippen LogP contribution in [0.3, 0.4) is 0 Å². The molecule has 0 saturated carbocycles. The molecule has 0 radical (unpaired) electrons. The normalized spacial score (nSPS) is 10.3. The standard InChI is InChI=1S/C13H16N6O3/c1-14-11(20)7-18(8-12(21)15-2)13(22)9-6-10-16-4-3-5-19(10)17-9/h3-6H,7-8H2,1-2H3,(H,14,20)(H,15,21). The van der Waals surface area contributed by atoms with Gasteiger partial charge in [0.25, 0.3) is 5.91 Å². The lowest BCUT2D eigenvalue weighted by molar-refractivity contribution is -0.123. The van der Waals surface area contributed by atoms with Crippen LogP contribution in [0.25, 0.3) is 5.65 Å². The Kier molecular flexibility index (Phi) is 4.66. The van der Waals surface area contributed by atoms with Gasteiger partial charge in [-0.3, -0.25) is 14.4 Å². The Morgan fingerprint density at radius 1 is 1.18 bits per heavy atom. The van der Waals surface area contributed by atoms with Crippen molar-refractivity contribution in [3.8, 4) is 0 Å². The molecular formula is C13H16N6O3. The molecule has 2 aromatic rings. The molecule has 2 N–H and O–H groups in total. The number of carbonyl (C=O) groups excluding carboxylic acids is 3. The lowest BCUT2D eigenvalue weighted by Gasteiger charge is -2.19. The van der Waals surface area contributed by atoms with Gasteiger partial charge in [0.15, 0.2) is 11.3 Å². The molecule has 2 heterocycles. The van der Waals surface area contributed by atoms with E-state index in [0.717, 1.165) is 4.90 Å². The van der Waals surface area contributed by atoms with Crippen LogP contribution >= 0.6 is 0 Å². The molecule has 2 aromatic heterocycles. The first-order chi connectivity index (χ1) is 10.5. The van der Waals surface area contributed by atoms with Crippen LogP contribution in [0.1, 0.15) is 10.5 Å². The van der Waals surface area contributed by atoms with Crippen molar-refractivity contribution in [2.24, 2.45) is 0 Å². The predicted molar refractivity (Wildman–Crippen MR) is 77.0 cm³/mol. The summed E-state index contributed by atoms with van der Waals surface area (Å²) in [5.74, 6) is -1.27. The number of nitrogens with zero attached hydrogens (tertiary/aromatic N) is 4. The minimum atomic E-state index is -0.516. The van der Waals surface area contributed by atoms with E-state index in [2.05, 4.69) is 20.7 Å². The number of hydrogen-bond acceptors (Lipinski definition) is 5. The smallest absolute Gasteiger partial charge is 0.275 e. The summed E-state index contributed by atoms with van der Waals surface area (Å²) in [4.78, 5) is 40.7. The summed E-state index contributed by atoms with van der Waals surface area (Å²) in [6, 6.07) is 3.18. The van der Waals surface area contributed by atoms with Crippen LogP contribution in [0, 0.1) is 0 Å². The fourth-order valence-corrected chi connectivity index (χ4v) is 1.80. The molecule has 0 aliphatic heterocycles. The van der Waals surface area contributed by atoms with E-state index in [9.17, 15) is 14.4 Å². The average Bonchev–Trinajstić information content (AvgIpc) is 2.97. The molecule has 22 heavy (non-hydrogen) atoms. The first-order valence-corrected chi connectivity index (χ1v) is 6.56. The number of aromatic nitrogens is 3. The molecule has 0 atom stereocenters. The lowest BCUT2D eigenvalue weighted by Crippen LogP contribution is -2.44. The maximum Gasteiger partial charge on any atom is 0.275 e. The fraction of sp³-hybridized carbons (Fsp3) is 0.308. The highest BCUT2D eigenvalue weighted by Crippen LogP contribution is 2.06. The van der Waals surface area contributed by atoms with Crippen LogP contribution in [-0.4, -0.2) is 64.4 Å². The van der Waals surface area contributed by atoms with Crippen molar-refractivity contribution < 1.29 is 14.4 Å². The second-order valence-corrected chi connectivity index (χ2v) is 4.46. The van der Waals surface area contributed by atoms with E-state index in [1.807, 2.05) is 0 Å². The third-order valence-electron chi connectivity index (χ3n) is 2.97. The van der Waals surface area contributed by atoms with Gasteiger partial charge in [-0.25, -0.2) is 9.50 Å². The third-order valence-corrected chi connectivity index (χ3v) is 2.97. The summed E-state index contributed by atoms with van der Waals surface area (Å²) in [6.07, 6.45) is 3.24. The zero-order valence-corrected chi connectivity index (χ0v) is 12.2. The number of nitrogens with one attached hydrogen (secondary N) is 2. The van der Waals surface area contributed by atoms with Gasteiger partial charge in [-0.2, -0.15) is 5.10 Å². The SMILES string of the molecule is CNC(=O)CN(CC(=O)NC)C(=O)c1cc2ncccn2n1. The molecule has 0 aliphatic rings. The van der Waals surface area contributed by atoms with Gasteiger partial charge in [0.05, 0.1) is 0 Å². The highest BCUT2D eigenvalue weighted by Gasteiger charge is 2.23. The maximum absolute atomic E-state index is 12.5. The van der Waals surface area contributed by atoms with Gasteiger partial charge in [-0.1, -0.05) is 0 Å². The molecule has 0 bridgehead atoms. The van der Waals surface area contributed by atoms with E-state index in [1.165, 1.54) is 24.7 Å². The second kappa shape index (κ2) is 6.66. The number of fused-ring (bicyclic) bond motifs is 1. The summed E-state index contributed by atoms with van der Waals surface area (Å²) < 4.78 is 1.45. The second-order valence-electron chi connectivity index (χ2n) is 4.46. The van der Waals surface area contributed by atoms with Gasteiger partial charge in [0.2, 0.25) is 11.8 Å². The predicted octanol–water partition coefficient (Wildman–Crippen LogP) is -1.34. The number of rotatable bonds is 5. The van der Waals surface area contributed by atoms with Gasteiger partial charge in [0, 0.05) is 32.6 Å². The Morgan fingerprint density at radius 2 is 1.82 bits per heavy atom. The van der Waals surface area contributed by atoms with Crippen molar-refractivity contribution in [3.63, 3.8) is 0 Å². The van der Waals surface area contributed by atoms with Crippen molar-refractivity contribution in [1.29, 1.82) is 0 Å². The van der Waals surface area contributed by atoms with Crippen LogP contribution in [0.15, 0.2) is 24.5 Å². The van der Waals surface area contributed by atoms with Crippen molar-refractivity contribution in [2.45, 2.75) is 0 Å². The van der Waals surface area contributed by atoms with Crippen molar-refractivity contribution in [2.75, 3.05) is 27.2 Å². The Balaban J connectivity index is 2.26. The van der Waals surface area contributed by atoms with E-state index in [0.29, 0.717) is 5.65 Å². The molecule has 0 saturated heterocycles. The number of likely N-dealkylation sites (N-methyl/N-ethyl adjacent to an activating group) is 2. The first-order valence-electron chi connectivity index (χ1n) is 6.56. The Morgan fingerprint density at radius 3 is 2.36 bits per heavy atom. The summed E-state index contributed by atoms with van der Waals surface area (Å²) in [5, 5.41) is 8.93. The Labute approximate surface area is 126 Å². The van der Waals surface area contributed by atoms with E-state index in [-0.39, 0.29) is 30.6 Å². The van der Waals surface area contributed by atoms with Gasteiger partial charge in [-0.15, -0.1) is 0 Å². The number of amides is 3. The van der Waals surface area contributed by atoms with Gasteiger partial charge >= 0.3 is 0 Å². The summed E-state index contributed by atoms with van der Waals surface area (Å²) >= 11 is 0. The molecule has 9 nitrogen and oxygen atoms in total. The molecule has 0 fully saturated rings. The molecule has 3 amide bonds. The average molecular weight is 304 g/mol. The Bertz CT molecular complexity index is 660. The van der Waals surface area contributed by atoms with Crippen molar-refractivity contribution in [3.05, 3.63) is 30.2 Å². The van der Waals surface area contributed by atoms with E-state index >= 15 is 0 Å². The highest BCUT2D eigenvalue weighted by atomic mass is 16.2. The molecule has 9 heteroatoms. The molecule has 0 aromatic carbocycles. The molecule has 0 unspecified atom stereocenters. The Hall–Kier alpha value is -2.97. The molecule has 116 valence electrons. The van der Waals surface area contributed by atoms with Gasteiger partial charge in [0.1, 0.15) is 13.1 Å². The summed E-state index contributed by atoms with van der Waals surface area (Å²) in [6.45, 7) is -0.464. The molecule has 0 aliphatic carbocycles. The van der Waals surface area contributed by atoms with Crippen LogP contribution in [0.4, 0.5) is 0 Å². The van der Waals surface area contributed by atoms with Gasteiger partial charge < -0.3 is 15.5 Å². The van der Waals surface area contributed by atoms with E-state index < -0.39 is 5.91 Å². The van der Waals surface area contributed by atoms with Crippen LogP contribution in [0.5, 0.6) is 0 Å². The fourth-order valence-electron chi connectivity index (χ4n) is 1.80. The summed E-state index contributed by atoms with van der Waals surface area (Å²) in [7, 11) is 2.92. The van der Waals surface area contributed by atoms with Gasteiger partial charge in [-0.05, 0) is 6.07 Å². The van der Waals surface area contributed by atoms with E-state index in [4.69, 9.17) is 0 Å². The zero-order chi connectivity index (χ0) is 16.1. The summed E-state index contributed by atoms with van der Waals surface area (Å²) in [5.41, 5.74) is 0.622. The van der Waals surface area contributed by atoms with Crippen molar-refractivity contribution >= 4 is 23.4 Å². The van der Waals surface area contributed by atoms with Crippen LogP contribution < -0.4 is 10.6 Å².